The van der Waals surface area contributed by atoms with Crippen molar-refractivity contribution in [2.45, 2.75) is 44.9 Å². The average Bonchev–Trinajstić information content (AvgIpc) is 2.35. The van der Waals surface area contributed by atoms with Crippen molar-refractivity contribution >= 4 is 9.84 Å². The zero-order chi connectivity index (χ0) is 12.0. The fourth-order valence-corrected chi connectivity index (χ4v) is 4.68. The van der Waals surface area contributed by atoms with Gasteiger partial charge in [-0.15, -0.1) is 0 Å². The highest BCUT2D eigenvalue weighted by molar-refractivity contribution is 7.91. The van der Waals surface area contributed by atoms with Gasteiger partial charge in [-0.05, 0) is 19.3 Å². The summed E-state index contributed by atoms with van der Waals surface area (Å²) >= 11 is 0. The van der Waals surface area contributed by atoms with E-state index < -0.39 is 9.84 Å². The molecule has 2 aliphatic rings. The van der Waals surface area contributed by atoms with Gasteiger partial charge < -0.3 is 10.1 Å². The highest BCUT2D eigenvalue weighted by Gasteiger charge is 2.46. The summed E-state index contributed by atoms with van der Waals surface area (Å²) in [6, 6.07) is 0.00485. The second-order valence-electron chi connectivity index (χ2n) is 5.77. The molecule has 0 aliphatic carbocycles. The van der Waals surface area contributed by atoms with Gasteiger partial charge in [-0.3, -0.25) is 0 Å². The average molecular weight is 247 g/mol. The second-order valence-corrected chi connectivity index (χ2v) is 7.92. The quantitative estimate of drug-likeness (QED) is 0.775. The van der Waals surface area contributed by atoms with Crippen LogP contribution in [0.25, 0.3) is 0 Å². The smallest absolute Gasteiger partial charge is 0.154 e. The van der Waals surface area contributed by atoms with Crippen LogP contribution >= 0.6 is 0 Å². The third-order valence-electron chi connectivity index (χ3n) is 3.31. The first-order valence-electron chi connectivity index (χ1n) is 5.91. The molecule has 0 amide bonds. The molecule has 3 unspecified atom stereocenters. The van der Waals surface area contributed by atoms with Gasteiger partial charge in [0.05, 0.1) is 23.2 Å². The van der Waals surface area contributed by atoms with Crippen molar-refractivity contribution in [1.82, 2.24) is 5.32 Å². The SMILES string of the molecule is CC(C)CC1(C)CNC2CS(=O)(=O)CC2O1. The minimum absolute atomic E-state index is 0.00485. The molecule has 0 aromatic carbocycles. The van der Waals surface area contributed by atoms with Gasteiger partial charge in [-0.2, -0.15) is 0 Å². The first-order valence-corrected chi connectivity index (χ1v) is 7.73. The van der Waals surface area contributed by atoms with Crippen LogP contribution in [-0.4, -0.2) is 44.2 Å². The van der Waals surface area contributed by atoms with Crippen LogP contribution in [0.1, 0.15) is 27.2 Å². The van der Waals surface area contributed by atoms with E-state index in [2.05, 4.69) is 26.1 Å². The number of nitrogens with one attached hydrogen (secondary N) is 1. The van der Waals surface area contributed by atoms with Crippen LogP contribution in [0.15, 0.2) is 0 Å². The Balaban J connectivity index is 2.06. The molecule has 2 saturated heterocycles. The lowest BCUT2D eigenvalue weighted by Crippen LogP contribution is -2.57. The van der Waals surface area contributed by atoms with Crippen LogP contribution in [0.2, 0.25) is 0 Å². The lowest BCUT2D eigenvalue weighted by molar-refractivity contribution is -0.118. The molecule has 2 heterocycles. The van der Waals surface area contributed by atoms with Crippen LogP contribution in [0.4, 0.5) is 0 Å². The first-order chi connectivity index (χ1) is 7.30. The van der Waals surface area contributed by atoms with E-state index in [1.54, 1.807) is 0 Å². The predicted molar refractivity (Wildman–Crippen MR) is 63.2 cm³/mol. The third kappa shape index (κ3) is 2.57. The summed E-state index contributed by atoms with van der Waals surface area (Å²) in [6.45, 7) is 7.14. The molecule has 3 atom stereocenters. The van der Waals surface area contributed by atoms with Crippen molar-refractivity contribution in [3.63, 3.8) is 0 Å². The summed E-state index contributed by atoms with van der Waals surface area (Å²) in [6.07, 6.45) is 0.811. The van der Waals surface area contributed by atoms with E-state index in [0.29, 0.717) is 5.92 Å². The summed E-state index contributed by atoms with van der Waals surface area (Å²) < 4.78 is 29.0. The Morgan fingerprint density at radius 1 is 1.44 bits per heavy atom. The Hall–Kier alpha value is -0.130. The van der Waals surface area contributed by atoms with Gasteiger partial charge in [0, 0.05) is 12.6 Å². The Bertz CT molecular complexity index is 365. The van der Waals surface area contributed by atoms with Gasteiger partial charge in [0.15, 0.2) is 9.84 Å². The number of hydrogen-bond acceptors (Lipinski definition) is 4. The van der Waals surface area contributed by atoms with Crippen LogP contribution in [0.3, 0.4) is 0 Å². The molecule has 1 N–H and O–H groups in total. The van der Waals surface area contributed by atoms with Crippen LogP contribution in [0, 0.1) is 5.92 Å². The molecule has 4 nitrogen and oxygen atoms in total. The van der Waals surface area contributed by atoms with Crippen LogP contribution < -0.4 is 5.32 Å². The third-order valence-corrected chi connectivity index (χ3v) is 5.02. The number of fused-ring (bicyclic) bond motifs is 1. The number of sulfone groups is 1. The van der Waals surface area contributed by atoms with Gasteiger partial charge in [-0.1, -0.05) is 13.8 Å². The Labute approximate surface area is 97.7 Å². The highest BCUT2D eigenvalue weighted by atomic mass is 32.2. The van der Waals surface area contributed by atoms with Crippen molar-refractivity contribution in [2.24, 2.45) is 5.92 Å². The molecule has 0 aromatic rings. The van der Waals surface area contributed by atoms with Crippen molar-refractivity contribution in [1.29, 1.82) is 0 Å². The molecule has 0 bridgehead atoms. The van der Waals surface area contributed by atoms with Crippen LogP contribution in [0.5, 0.6) is 0 Å². The van der Waals surface area contributed by atoms with Crippen molar-refractivity contribution in [3.8, 4) is 0 Å². The summed E-state index contributed by atoms with van der Waals surface area (Å²) in [5, 5.41) is 3.33. The normalized spacial score (nSPS) is 42.2. The molecule has 2 fully saturated rings. The van der Waals surface area contributed by atoms with Gasteiger partial charge in [-0.25, -0.2) is 8.42 Å². The number of rotatable bonds is 2. The van der Waals surface area contributed by atoms with E-state index in [1.807, 2.05) is 0 Å². The summed E-state index contributed by atoms with van der Waals surface area (Å²) in [4.78, 5) is 0. The molecular weight excluding hydrogens is 226 g/mol. The fourth-order valence-electron chi connectivity index (χ4n) is 2.86. The van der Waals surface area contributed by atoms with E-state index >= 15 is 0 Å². The number of ether oxygens (including phenoxy) is 1. The Kier molecular flexibility index (Phi) is 3.05. The minimum atomic E-state index is -2.89. The van der Waals surface area contributed by atoms with E-state index in [1.165, 1.54) is 0 Å². The lowest BCUT2D eigenvalue weighted by atomic mass is 9.91. The van der Waals surface area contributed by atoms with E-state index in [0.717, 1.165) is 13.0 Å². The van der Waals surface area contributed by atoms with E-state index in [4.69, 9.17) is 4.74 Å². The highest BCUT2D eigenvalue weighted by Crippen LogP contribution is 2.30. The van der Waals surface area contributed by atoms with Gasteiger partial charge in [0.25, 0.3) is 0 Å². The molecule has 94 valence electrons. The second kappa shape index (κ2) is 3.96. The maximum absolute atomic E-state index is 11.5. The summed E-state index contributed by atoms with van der Waals surface area (Å²) in [7, 11) is -2.89. The number of hydrogen-bond donors (Lipinski definition) is 1. The molecule has 0 aromatic heterocycles. The maximum atomic E-state index is 11.5. The Morgan fingerprint density at radius 2 is 2.12 bits per heavy atom. The van der Waals surface area contributed by atoms with E-state index in [9.17, 15) is 8.42 Å². The first kappa shape index (κ1) is 12.3. The monoisotopic (exact) mass is 247 g/mol. The Morgan fingerprint density at radius 3 is 2.75 bits per heavy atom. The minimum Gasteiger partial charge on any atom is -0.368 e. The summed E-state index contributed by atoms with van der Waals surface area (Å²) in [5.74, 6) is 0.967. The zero-order valence-corrected chi connectivity index (χ0v) is 11.0. The fraction of sp³-hybridized carbons (Fsp3) is 1.00. The van der Waals surface area contributed by atoms with Crippen molar-refractivity contribution in [3.05, 3.63) is 0 Å². The maximum Gasteiger partial charge on any atom is 0.154 e. The van der Waals surface area contributed by atoms with E-state index in [-0.39, 0.29) is 29.3 Å². The predicted octanol–water partition coefficient (Wildman–Crippen LogP) is 0.577. The van der Waals surface area contributed by atoms with Crippen LogP contribution in [-0.2, 0) is 14.6 Å². The van der Waals surface area contributed by atoms with Gasteiger partial charge in [0.1, 0.15) is 0 Å². The zero-order valence-electron chi connectivity index (χ0n) is 10.2. The standard InChI is InChI=1S/C11H21NO3S/c1-8(2)4-11(3)7-12-9-5-16(13,14)6-10(9)15-11/h8-10,12H,4-7H2,1-3H3. The molecule has 2 rings (SSSR count). The lowest BCUT2D eigenvalue weighted by Gasteiger charge is -2.41. The van der Waals surface area contributed by atoms with Crippen molar-refractivity contribution < 1.29 is 13.2 Å². The number of morpholine rings is 1. The largest absolute Gasteiger partial charge is 0.368 e. The molecular formula is C11H21NO3S. The van der Waals surface area contributed by atoms with Gasteiger partial charge in [0.2, 0.25) is 0 Å². The van der Waals surface area contributed by atoms with Crippen molar-refractivity contribution in [2.75, 3.05) is 18.1 Å². The molecule has 16 heavy (non-hydrogen) atoms. The summed E-state index contributed by atoms with van der Waals surface area (Å²) in [5.41, 5.74) is -0.213. The van der Waals surface area contributed by atoms with Gasteiger partial charge >= 0.3 is 0 Å². The molecule has 0 radical (unpaired) electrons. The molecule has 0 saturated carbocycles. The topological polar surface area (TPSA) is 55.4 Å². The molecule has 5 heteroatoms. The molecule has 2 aliphatic heterocycles. The molecule has 0 spiro atoms.